The monoisotopic (exact) mass is 238 g/mol. The minimum absolute atomic E-state index is 0.540. The van der Waals surface area contributed by atoms with Crippen LogP contribution < -0.4 is 5.32 Å². The average Bonchev–Trinajstić information content (AvgIpc) is 3.05. The molecule has 0 bridgehead atoms. The molecule has 3 rings (SSSR count). The lowest BCUT2D eigenvalue weighted by atomic mass is 10.1. The Morgan fingerprint density at radius 3 is 2.94 bits per heavy atom. The Kier molecular flexibility index (Phi) is 3.69. The van der Waals surface area contributed by atoms with E-state index in [9.17, 15) is 0 Å². The molecular formula is C14H26N2O. The second-order valence-electron chi connectivity index (χ2n) is 5.89. The molecular weight excluding hydrogens is 212 g/mol. The summed E-state index contributed by atoms with van der Waals surface area (Å²) in [6.07, 6.45) is 8.59. The second-order valence-corrected chi connectivity index (χ2v) is 5.89. The van der Waals surface area contributed by atoms with Crippen molar-refractivity contribution in [2.75, 3.05) is 19.7 Å². The molecule has 3 aliphatic rings. The van der Waals surface area contributed by atoms with Gasteiger partial charge in [-0.1, -0.05) is 6.92 Å². The average molecular weight is 238 g/mol. The highest BCUT2D eigenvalue weighted by Gasteiger charge is 2.38. The van der Waals surface area contributed by atoms with Crippen LogP contribution in [-0.2, 0) is 4.74 Å². The van der Waals surface area contributed by atoms with Gasteiger partial charge in [-0.05, 0) is 38.5 Å². The molecule has 3 nitrogen and oxygen atoms in total. The summed E-state index contributed by atoms with van der Waals surface area (Å²) in [6.45, 7) is 5.61. The summed E-state index contributed by atoms with van der Waals surface area (Å²) >= 11 is 0. The molecule has 0 amide bonds. The molecule has 0 spiro atoms. The van der Waals surface area contributed by atoms with Gasteiger partial charge in [-0.15, -0.1) is 0 Å². The maximum atomic E-state index is 5.90. The molecule has 98 valence electrons. The zero-order chi connectivity index (χ0) is 11.7. The van der Waals surface area contributed by atoms with Gasteiger partial charge in [0.05, 0.1) is 12.7 Å². The smallest absolute Gasteiger partial charge is 0.0731 e. The fourth-order valence-electron chi connectivity index (χ4n) is 3.50. The Bertz CT molecular complexity index is 255. The van der Waals surface area contributed by atoms with Crippen LogP contribution in [-0.4, -0.2) is 48.8 Å². The molecule has 0 aromatic rings. The van der Waals surface area contributed by atoms with E-state index in [0.29, 0.717) is 6.10 Å². The van der Waals surface area contributed by atoms with Gasteiger partial charge in [0.25, 0.3) is 0 Å². The number of nitrogens with zero attached hydrogens (tertiary/aromatic N) is 1. The molecule has 1 aliphatic heterocycles. The van der Waals surface area contributed by atoms with Gasteiger partial charge in [-0.25, -0.2) is 0 Å². The Morgan fingerprint density at radius 1 is 1.29 bits per heavy atom. The lowest BCUT2D eigenvalue weighted by Crippen LogP contribution is -2.55. The van der Waals surface area contributed by atoms with E-state index in [1.165, 1.54) is 45.1 Å². The number of hydrogen-bond donors (Lipinski definition) is 1. The number of ether oxygens (including phenoxy) is 1. The molecule has 2 saturated carbocycles. The van der Waals surface area contributed by atoms with E-state index in [2.05, 4.69) is 17.1 Å². The van der Waals surface area contributed by atoms with Crippen molar-refractivity contribution >= 4 is 0 Å². The van der Waals surface area contributed by atoms with Gasteiger partial charge >= 0.3 is 0 Å². The predicted octanol–water partition coefficient (Wildman–Crippen LogP) is 1.77. The largest absolute Gasteiger partial charge is 0.375 e. The lowest BCUT2D eigenvalue weighted by Gasteiger charge is -2.42. The minimum Gasteiger partial charge on any atom is -0.375 e. The Labute approximate surface area is 105 Å². The second kappa shape index (κ2) is 5.25. The highest BCUT2D eigenvalue weighted by atomic mass is 16.5. The van der Waals surface area contributed by atoms with Crippen LogP contribution in [0.25, 0.3) is 0 Å². The molecule has 1 N–H and O–H groups in total. The van der Waals surface area contributed by atoms with E-state index < -0.39 is 0 Å². The van der Waals surface area contributed by atoms with Crippen molar-refractivity contribution < 1.29 is 4.74 Å². The van der Waals surface area contributed by atoms with Crippen molar-refractivity contribution in [2.24, 2.45) is 0 Å². The standard InChI is InChI=1S/C14H26N2O/c1-2-12(10-15-11-6-7-11)16-8-9-17-14-5-3-4-13(14)16/h11-15H,2-10H2,1H3. The summed E-state index contributed by atoms with van der Waals surface area (Å²) in [4.78, 5) is 2.75. The van der Waals surface area contributed by atoms with Gasteiger partial charge in [0.1, 0.15) is 0 Å². The maximum Gasteiger partial charge on any atom is 0.0731 e. The predicted molar refractivity (Wildman–Crippen MR) is 69.2 cm³/mol. The van der Waals surface area contributed by atoms with Crippen molar-refractivity contribution in [1.82, 2.24) is 10.2 Å². The quantitative estimate of drug-likeness (QED) is 0.790. The summed E-state index contributed by atoms with van der Waals surface area (Å²) in [7, 11) is 0. The van der Waals surface area contributed by atoms with Crippen LogP contribution in [0.2, 0.25) is 0 Å². The van der Waals surface area contributed by atoms with E-state index in [-0.39, 0.29) is 0 Å². The van der Waals surface area contributed by atoms with Crippen LogP contribution in [0.1, 0.15) is 45.4 Å². The number of rotatable bonds is 5. The highest BCUT2D eigenvalue weighted by Crippen LogP contribution is 2.31. The molecule has 0 radical (unpaired) electrons. The SMILES string of the molecule is CCC(CNC1CC1)N1CCOC2CCCC21. The van der Waals surface area contributed by atoms with Gasteiger partial charge in [0.15, 0.2) is 0 Å². The first kappa shape index (κ1) is 11.9. The molecule has 3 heteroatoms. The van der Waals surface area contributed by atoms with E-state index in [1.54, 1.807) is 0 Å². The third-order valence-corrected chi connectivity index (χ3v) is 4.68. The zero-order valence-electron chi connectivity index (χ0n) is 11.0. The van der Waals surface area contributed by atoms with Crippen LogP contribution in [0.3, 0.4) is 0 Å². The highest BCUT2D eigenvalue weighted by molar-refractivity contribution is 4.93. The first-order valence-corrected chi connectivity index (χ1v) is 7.49. The third kappa shape index (κ3) is 2.67. The van der Waals surface area contributed by atoms with E-state index in [0.717, 1.165) is 31.3 Å². The number of hydrogen-bond acceptors (Lipinski definition) is 3. The van der Waals surface area contributed by atoms with Crippen molar-refractivity contribution in [3.05, 3.63) is 0 Å². The van der Waals surface area contributed by atoms with E-state index in [1.807, 2.05) is 0 Å². The first-order chi connectivity index (χ1) is 8.38. The molecule has 2 aliphatic carbocycles. The maximum absolute atomic E-state index is 5.90. The van der Waals surface area contributed by atoms with E-state index in [4.69, 9.17) is 4.74 Å². The van der Waals surface area contributed by atoms with Crippen LogP contribution >= 0.6 is 0 Å². The van der Waals surface area contributed by atoms with Crippen molar-refractivity contribution in [3.8, 4) is 0 Å². The molecule has 3 unspecified atom stereocenters. The molecule has 3 fully saturated rings. The molecule has 3 atom stereocenters. The first-order valence-electron chi connectivity index (χ1n) is 7.49. The Balaban J connectivity index is 1.58. The molecule has 1 saturated heterocycles. The van der Waals surface area contributed by atoms with Gasteiger partial charge in [0, 0.05) is 31.2 Å². The summed E-state index contributed by atoms with van der Waals surface area (Å²) in [6, 6.07) is 2.28. The number of morpholine rings is 1. The van der Waals surface area contributed by atoms with Crippen LogP contribution in [0, 0.1) is 0 Å². The van der Waals surface area contributed by atoms with Crippen molar-refractivity contribution in [3.63, 3.8) is 0 Å². The van der Waals surface area contributed by atoms with Crippen LogP contribution in [0.5, 0.6) is 0 Å². The number of nitrogens with one attached hydrogen (secondary N) is 1. The zero-order valence-corrected chi connectivity index (χ0v) is 11.0. The molecule has 0 aromatic carbocycles. The normalized spacial score (nSPS) is 35.8. The van der Waals surface area contributed by atoms with Gasteiger partial charge in [-0.3, -0.25) is 4.90 Å². The Morgan fingerprint density at radius 2 is 2.18 bits per heavy atom. The summed E-state index contributed by atoms with van der Waals surface area (Å²) < 4.78 is 5.90. The lowest BCUT2D eigenvalue weighted by molar-refractivity contribution is -0.0718. The minimum atomic E-state index is 0.540. The number of fused-ring (bicyclic) bond motifs is 1. The molecule has 17 heavy (non-hydrogen) atoms. The van der Waals surface area contributed by atoms with E-state index >= 15 is 0 Å². The summed E-state index contributed by atoms with van der Waals surface area (Å²) in [5.41, 5.74) is 0. The summed E-state index contributed by atoms with van der Waals surface area (Å²) in [5, 5.41) is 3.70. The topological polar surface area (TPSA) is 24.5 Å². The Hall–Kier alpha value is -0.120. The fourth-order valence-corrected chi connectivity index (χ4v) is 3.50. The molecule has 1 heterocycles. The van der Waals surface area contributed by atoms with Gasteiger partial charge in [-0.2, -0.15) is 0 Å². The van der Waals surface area contributed by atoms with Crippen LogP contribution in [0.15, 0.2) is 0 Å². The fraction of sp³-hybridized carbons (Fsp3) is 1.00. The van der Waals surface area contributed by atoms with Gasteiger partial charge < -0.3 is 10.1 Å². The van der Waals surface area contributed by atoms with Crippen molar-refractivity contribution in [2.45, 2.75) is 69.7 Å². The van der Waals surface area contributed by atoms with Crippen molar-refractivity contribution in [1.29, 1.82) is 0 Å². The molecule has 0 aromatic heterocycles. The van der Waals surface area contributed by atoms with Crippen LogP contribution in [0.4, 0.5) is 0 Å². The van der Waals surface area contributed by atoms with Gasteiger partial charge in [0.2, 0.25) is 0 Å². The third-order valence-electron chi connectivity index (χ3n) is 4.68. The summed E-state index contributed by atoms with van der Waals surface area (Å²) in [5.74, 6) is 0.